The number of rotatable bonds is 6. The molecule has 0 aromatic rings. The van der Waals surface area contributed by atoms with Gasteiger partial charge < -0.3 is 9.64 Å². The van der Waals surface area contributed by atoms with Gasteiger partial charge in [0.05, 0.1) is 0 Å². The normalized spacial score (nSPS) is 11.1. The van der Waals surface area contributed by atoms with Crippen LogP contribution in [-0.2, 0) is 4.74 Å². The molecule has 0 rings (SSSR count). The highest BCUT2D eigenvalue weighted by molar-refractivity contribution is 5.68. The Kier molecular flexibility index (Phi) is 6.53. The van der Waals surface area contributed by atoms with Crippen molar-refractivity contribution >= 4 is 6.09 Å². The van der Waals surface area contributed by atoms with E-state index in [1.165, 1.54) is 4.90 Å². The molecule has 1 amide bonds. The van der Waals surface area contributed by atoms with Gasteiger partial charge in [0.15, 0.2) is 0 Å². The molecule has 0 spiro atoms. The molecule has 0 fully saturated rings. The third-order valence-corrected chi connectivity index (χ3v) is 1.91. The molecule has 0 aliphatic rings. The van der Waals surface area contributed by atoms with Crippen LogP contribution in [0.1, 0.15) is 40.5 Å². The average molecular weight is 246 g/mol. The summed E-state index contributed by atoms with van der Waals surface area (Å²) in [5.41, 5.74) is -0.536. The van der Waals surface area contributed by atoms with Crippen LogP contribution < -0.4 is 0 Å². The molecular weight excluding hydrogens is 224 g/mol. The average Bonchev–Trinajstić information content (AvgIpc) is 2.13. The van der Waals surface area contributed by atoms with Gasteiger partial charge in [-0.2, -0.15) is 0 Å². The zero-order valence-corrected chi connectivity index (χ0v) is 11.1. The van der Waals surface area contributed by atoms with Crippen LogP contribution in [0.4, 0.5) is 4.79 Å². The lowest BCUT2D eigenvalue weighted by Gasteiger charge is -2.26. The van der Waals surface area contributed by atoms with E-state index in [1.807, 2.05) is 6.92 Å². The minimum atomic E-state index is -0.536. The molecule has 0 aliphatic heterocycles. The second-order valence-electron chi connectivity index (χ2n) is 4.88. The molecule has 0 radical (unpaired) electrons. The molecule has 0 aromatic carbocycles. The molecule has 0 heterocycles. The number of hydrogen-bond donors (Lipinski definition) is 0. The van der Waals surface area contributed by atoms with E-state index < -0.39 is 11.7 Å². The number of amides is 1. The Morgan fingerprint density at radius 1 is 1.35 bits per heavy atom. The molecule has 0 aromatic heterocycles. The number of ether oxygens (including phenoxy) is 1. The maximum atomic E-state index is 11.8. The summed E-state index contributed by atoms with van der Waals surface area (Å²) in [6.07, 6.45) is 0.756. The minimum Gasteiger partial charge on any atom is -0.444 e. The number of carbonyl (C=O) groups is 1. The van der Waals surface area contributed by atoms with Gasteiger partial charge in [-0.05, 0) is 27.2 Å². The largest absolute Gasteiger partial charge is 0.444 e. The summed E-state index contributed by atoms with van der Waals surface area (Å²) in [7, 11) is 0. The Labute approximate surface area is 102 Å². The predicted octanol–water partition coefficient (Wildman–Crippen LogP) is 2.30. The standard InChI is InChI=1S/C11H22N2O4/c1-5-7-12(8-6-9-13(15)16)10(14)17-11(2,3)4/h5-9H2,1-4H3. The molecule has 6 nitrogen and oxygen atoms in total. The Morgan fingerprint density at radius 2 is 1.94 bits per heavy atom. The van der Waals surface area contributed by atoms with Crippen molar-refractivity contribution in [2.75, 3.05) is 19.6 Å². The molecule has 6 heteroatoms. The Hall–Kier alpha value is -1.33. The van der Waals surface area contributed by atoms with Crippen molar-refractivity contribution in [1.29, 1.82) is 0 Å². The summed E-state index contributed by atoms with van der Waals surface area (Å²) in [6.45, 7) is 8.15. The summed E-state index contributed by atoms with van der Waals surface area (Å²) >= 11 is 0. The van der Waals surface area contributed by atoms with Crippen molar-refractivity contribution in [3.05, 3.63) is 10.1 Å². The van der Waals surface area contributed by atoms with Crippen LogP contribution in [0.5, 0.6) is 0 Å². The highest BCUT2D eigenvalue weighted by atomic mass is 16.6. The van der Waals surface area contributed by atoms with Gasteiger partial charge in [-0.3, -0.25) is 10.1 Å². The second-order valence-corrected chi connectivity index (χ2v) is 4.88. The summed E-state index contributed by atoms with van der Waals surface area (Å²) in [4.78, 5) is 23.1. The van der Waals surface area contributed by atoms with Crippen molar-refractivity contribution in [2.24, 2.45) is 0 Å². The van der Waals surface area contributed by atoms with Crippen molar-refractivity contribution in [1.82, 2.24) is 4.90 Å². The molecule has 0 atom stereocenters. The molecule has 100 valence electrons. The zero-order chi connectivity index (χ0) is 13.5. The summed E-state index contributed by atoms with van der Waals surface area (Å²) < 4.78 is 5.23. The Bertz CT molecular complexity index is 261. The minimum absolute atomic E-state index is 0.122. The molecule has 0 saturated heterocycles. The SMILES string of the molecule is CCCN(CCC[N+](=O)[O-])C(=O)OC(C)(C)C. The molecule has 0 aliphatic carbocycles. The molecule has 0 unspecified atom stereocenters. The summed E-state index contributed by atoms with van der Waals surface area (Å²) in [6, 6.07) is 0. The zero-order valence-electron chi connectivity index (χ0n) is 11.1. The molecule has 0 bridgehead atoms. The highest BCUT2D eigenvalue weighted by Gasteiger charge is 2.21. The van der Waals surface area contributed by atoms with E-state index in [2.05, 4.69) is 0 Å². The smallest absolute Gasteiger partial charge is 0.410 e. The maximum absolute atomic E-state index is 11.8. The fraction of sp³-hybridized carbons (Fsp3) is 0.909. The Balaban J connectivity index is 4.21. The van der Waals surface area contributed by atoms with Crippen LogP contribution >= 0.6 is 0 Å². The number of carbonyl (C=O) groups excluding carboxylic acids is 1. The first kappa shape index (κ1) is 15.7. The highest BCUT2D eigenvalue weighted by Crippen LogP contribution is 2.10. The van der Waals surface area contributed by atoms with Crippen molar-refractivity contribution in [3.8, 4) is 0 Å². The van der Waals surface area contributed by atoms with Gasteiger partial charge in [-0.15, -0.1) is 0 Å². The fourth-order valence-corrected chi connectivity index (χ4v) is 1.28. The molecule has 17 heavy (non-hydrogen) atoms. The number of nitrogens with zero attached hydrogens (tertiary/aromatic N) is 2. The topological polar surface area (TPSA) is 72.7 Å². The van der Waals surface area contributed by atoms with E-state index in [1.54, 1.807) is 20.8 Å². The van der Waals surface area contributed by atoms with Crippen LogP contribution in [0.2, 0.25) is 0 Å². The van der Waals surface area contributed by atoms with Crippen molar-refractivity contribution in [2.45, 2.75) is 46.1 Å². The van der Waals surface area contributed by atoms with Crippen LogP contribution in [0.3, 0.4) is 0 Å². The van der Waals surface area contributed by atoms with Gasteiger partial charge in [-0.25, -0.2) is 4.79 Å². The number of hydrogen-bond acceptors (Lipinski definition) is 4. The van der Waals surface area contributed by atoms with Gasteiger partial charge in [-0.1, -0.05) is 6.92 Å². The van der Waals surface area contributed by atoms with Gasteiger partial charge in [0.25, 0.3) is 0 Å². The first-order chi connectivity index (χ1) is 7.76. The maximum Gasteiger partial charge on any atom is 0.410 e. The van der Waals surface area contributed by atoms with Gasteiger partial charge in [0, 0.05) is 24.4 Å². The molecule has 0 N–H and O–H groups in total. The van der Waals surface area contributed by atoms with E-state index in [4.69, 9.17) is 4.74 Å². The summed E-state index contributed by atoms with van der Waals surface area (Å²) in [5.74, 6) is 0. The van der Waals surface area contributed by atoms with E-state index in [9.17, 15) is 14.9 Å². The first-order valence-corrected chi connectivity index (χ1v) is 5.86. The van der Waals surface area contributed by atoms with Crippen LogP contribution in [0.15, 0.2) is 0 Å². The lowest BCUT2D eigenvalue weighted by Crippen LogP contribution is -2.38. The third kappa shape index (κ3) is 8.47. The van der Waals surface area contributed by atoms with Gasteiger partial charge in [0.2, 0.25) is 6.54 Å². The van der Waals surface area contributed by atoms with Gasteiger partial charge in [0.1, 0.15) is 5.60 Å². The predicted molar refractivity (Wildman–Crippen MR) is 64.6 cm³/mol. The van der Waals surface area contributed by atoms with Crippen molar-refractivity contribution < 1.29 is 14.5 Å². The van der Waals surface area contributed by atoms with Crippen LogP contribution in [0.25, 0.3) is 0 Å². The van der Waals surface area contributed by atoms with Crippen LogP contribution in [0, 0.1) is 10.1 Å². The lowest BCUT2D eigenvalue weighted by atomic mass is 10.2. The van der Waals surface area contributed by atoms with E-state index in [-0.39, 0.29) is 11.5 Å². The second kappa shape index (κ2) is 7.09. The first-order valence-electron chi connectivity index (χ1n) is 5.86. The summed E-state index contributed by atoms with van der Waals surface area (Å²) in [5, 5.41) is 10.2. The third-order valence-electron chi connectivity index (χ3n) is 1.91. The Morgan fingerprint density at radius 3 is 2.35 bits per heavy atom. The van der Waals surface area contributed by atoms with E-state index in [0.29, 0.717) is 19.5 Å². The van der Waals surface area contributed by atoms with E-state index in [0.717, 1.165) is 6.42 Å². The monoisotopic (exact) mass is 246 g/mol. The fourth-order valence-electron chi connectivity index (χ4n) is 1.28. The van der Waals surface area contributed by atoms with Crippen molar-refractivity contribution in [3.63, 3.8) is 0 Å². The van der Waals surface area contributed by atoms with Gasteiger partial charge >= 0.3 is 6.09 Å². The van der Waals surface area contributed by atoms with Crippen LogP contribution in [-0.4, -0.2) is 41.2 Å². The lowest BCUT2D eigenvalue weighted by molar-refractivity contribution is -0.480. The number of nitro groups is 1. The molecular formula is C11H22N2O4. The quantitative estimate of drug-likeness (QED) is 0.532. The molecule has 0 saturated carbocycles. The van der Waals surface area contributed by atoms with E-state index >= 15 is 0 Å².